The monoisotopic (exact) mass is 664 g/mol. The molecular weight excluding hydrogens is 631 g/mol. The van der Waals surface area contributed by atoms with Crippen LogP contribution in [0.1, 0.15) is 50.7 Å². The average molecular weight is 663 g/mol. The van der Waals surface area contributed by atoms with Gasteiger partial charge in [-0.05, 0) is 0 Å². The van der Waals surface area contributed by atoms with Gasteiger partial charge >= 0.3 is 246 Å². The van der Waals surface area contributed by atoms with Crippen LogP contribution in [0.3, 0.4) is 0 Å². The predicted molar refractivity (Wildman–Crippen MR) is 156 cm³/mol. The van der Waals surface area contributed by atoms with Crippen LogP contribution in [0, 0.1) is 24.7 Å². The predicted octanol–water partition coefficient (Wildman–Crippen LogP) is 5.40. The van der Waals surface area contributed by atoms with Crippen LogP contribution in [0.4, 0.5) is 0 Å². The topological polar surface area (TPSA) is 105 Å². The number of hydrogen-bond acceptors (Lipinski definition) is 8. The second kappa shape index (κ2) is 17.4. The Morgan fingerprint density at radius 2 is 0.976 bits per heavy atom. The molecule has 0 N–H and O–H groups in total. The van der Waals surface area contributed by atoms with E-state index in [0.29, 0.717) is 32.8 Å². The summed E-state index contributed by atoms with van der Waals surface area (Å²) in [5.74, 6) is 2.25. The summed E-state index contributed by atoms with van der Waals surface area (Å²) in [6.45, 7) is 3.94. The molecule has 212 valence electrons. The number of carbonyl (C=O) groups is 4. The second-order valence-electron chi connectivity index (χ2n) is 8.81. The molecule has 0 amide bonds. The van der Waals surface area contributed by atoms with Crippen molar-refractivity contribution in [3.8, 4) is 36.2 Å². The van der Waals surface area contributed by atoms with Crippen molar-refractivity contribution in [1.29, 1.82) is 0 Å². The van der Waals surface area contributed by atoms with Gasteiger partial charge in [-0.3, -0.25) is 0 Å². The summed E-state index contributed by atoms with van der Waals surface area (Å²) in [7, 11) is 0. The first-order valence-corrected chi connectivity index (χ1v) is 19.5. The molecule has 0 saturated heterocycles. The van der Waals surface area contributed by atoms with Crippen molar-refractivity contribution in [2.75, 3.05) is 0 Å². The zero-order valence-electron chi connectivity index (χ0n) is 23.1. The number of terminal acetylenes is 2. The summed E-state index contributed by atoms with van der Waals surface area (Å²) in [6.07, 6.45) is 17.4. The van der Waals surface area contributed by atoms with E-state index < -0.39 is 43.1 Å². The van der Waals surface area contributed by atoms with Gasteiger partial charge in [0.2, 0.25) is 0 Å². The summed E-state index contributed by atoms with van der Waals surface area (Å²) in [4.78, 5) is 49.8. The van der Waals surface area contributed by atoms with E-state index in [9.17, 15) is 19.2 Å². The normalized spacial score (nSPS) is 10.9. The quantitative estimate of drug-likeness (QED) is 0.0871. The van der Waals surface area contributed by atoms with E-state index in [-0.39, 0.29) is 11.5 Å². The van der Waals surface area contributed by atoms with Gasteiger partial charge in [-0.25, -0.2) is 0 Å². The van der Waals surface area contributed by atoms with E-state index >= 15 is 0 Å². The van der Waals surface area contributed by atoms with Crippen LogP contribution in [-0.2, 0) is 25.3 Å². The van der Waals surface area contributed by atoms with Crippen LogP contribution in [-0.4, -0.2) is 43.1 Å². The van der Waals surface area contributed by atoms with E-state index in [1.165, 1.54) is 24.3 Å². The van der Waals surface area contributed by atoms with Gasteiger partial charge in [0.05, 0.1) is 0 Å². The van der Waals surface area contributed by atoms with Crippen molar-refractivity contribution in [2.24, 2.45) is 0 Å². The van der Waals surface area contributed by atoms with Gasteiger partial charge in [0.1, 0.15) is 0 Å². The Labute approximate surface area is 245 Å². The first kappa shape index (κ1) is 32.9. The molecule has 2 aromatic rings. The fourth-order valence-electron chi connectivity index (χ4n) is 3.49. The van der Waals surface area contributed by atoms with Gasteiger partial charge in [0, 0.05) is 0 Å². The maximum absolute atomic E-state index is 12.7. The molecule has 0 bridgehead atoms. The maximum atomic E-state index is 12.7. The first-order valence-electron chi connectivity index (χ1n) is 13.1. The van der Waals surface area contributed by atoms with Gasteiger partial charge in [0.15, 0.2) is 0 Å². The Morgan fingerprint density at radius 3 is 1.29 bits per heavy atom. The molecule has 0 heterocycles. The summed E-state index contributed by atoms with van der Waals surface area (Å²) in [6, 6.07) is 12.6. The summed E-state index contributed by atoms with van der Waals surface area (Å²) < 4.78 is 22.8. The minimum absolute atomic E-state index is 0.259. The van der Waals surface area contributed by atoms with Crippen LogP contribution < -0.4 is 9.47 Å². The molecule has 2 rings (SSSR count). The Balaban J connectivity index is 2.08. The molecule has 0 saturated carbocycles. The average Bonchev–Trinajstić information content (AvgIpc) is 2.97. The summed E-state index contributed by atoms with van der Waals surface area (Å²) in [5, 5.41) is 0. The third-order valence-electron chi connectivity index (χ3n) is 5.59. The zero-order chi connectivity index (χ0) is 30.1. The molecule has 9 heteroatoms. The van der Waals surface area contributed by atoms with E-state index in [0.717, 1.165) is 37.1 Å². The van der Waals surface area contributed by atoms with Crippen LogP contribution in [0.15, 0.2) is 72.8 Å². The molecule has 41 heavy (non-hydrogen) atoms. The van der Waals surface area contributed by atoms with Crippen molar-refractivity contribution in [3.63, 3.8) is 0 Å². The van der Waals surface area contributed by atoms with Crippen molar-refractivity contribution in [3.05, 3.63) is 84.0 Å². The van der Waals surface area contributed by atoms with Gasteiger partial charge in [-0.2, -0.15) is 0 Å². The molecule has 0 unspecified atom stereocenters. The molecule has 0 fully saturated rings. The summed E-state index contributed by atoms with van der Waals surface area (Å²) in [5.41, 5.74) is 1.26. The van der Waals surface area contributed by atoms with Gasteiger partial charge in [0.25, 0.3) is 0 Å². The number of carbonyl (C=O) groups excluding carboxylic acids is 4. The standard InChI is InChI=1S/2C12H8O4.2C4H9.Sn/c2*1-2-9-3-5-10(6-4-9)16-12(15)8-7-11(13)14;2*1-3-4-2;/h2*1,3-8H,(H,13,14);2*1,3-4H2,2H3;/q;;;;+2/p-2/b2*8-7-;;;. The molecule has 0 aliphatic carbocycles. The molecule has 0 spiro atoms. The number of benzene rings is 2. The number of hydrogen-bond donors (Lipinski definition) is 0. The Morgan fingerprint density at radius 1 is 0.634 bits per heavy atom. The zero-order valence-corrected chi connectivity index (χ0v) is 25.9. The van der Waals surface area contributed by atoms with Crippen molar-refractivity contribution < 1.29 is 34.8 Å². The molecule has 2 aromatic carbocycles. The van der Waals surface area contributed by atoms with E-state index in [2.05, 4.69) is 11.8 Å². The van der Waals surface area contributed by atoms with Gasteiger partial charge < -0.3 is 0 Å². The van der Waals surface area contributed by atoms with E-state index in [1.807, 2.05) is 13.8 Å². The van der Waals surface area contributed by atoms with Crippen LogP contribution in [0.2, 0.25) is 8.87 Å². The third-order valence-corrected chi connectivity index (χ3v) is 15.2. The molecule has 0 aromatic heterocycles. The SMILES string of the molecule is C#Cc1ccc(OC(=O)/C=C\C(=O)[O][Sn]([CH2]CCC)([CH2]CCC)[O]C(=O)/C=C\C(=O)Oc2ccc(C#C)cc2)cc1. The molecule has 0 atom stereocenters. The summed E-state index contributed by atoms with van der Waals surface area (Å²) >= 11 is -4.35. The van der Waals surface area contributed by atoms with Crippen molar-refractivity contribution in [2.45, 2.75) is 48.4 Å². The van der Waals surface area contributed by atoms with Crippen LogP contribution >= 0.6 is 0 Å². The minimum atomic E-state index is -4.35. The molecule has 0 aliphatic rings. The molecule has 0 aliphatic heterocycles. The molecule has 0 radical (unpaired) electrons. The number of unbranched alkanes of at least 4 members (excludes halogenated alkanes) is 2. The van der Waals surface area contributed by atoms with Crippen molar-refractivity contribution in [1.82, 2.24) is 0 Å². The fourth-order valence-corrected chi connectivity index (χ4v) is 13.1. The van der Waals surface area contributed by atoms with Gasteiger partial charge in [-0.15, -0.1) is 0 Å². The molecular formula is C32H32O8Sn. The Bertz CT molecular complexity index is 1240. The second-order valence-corrected chi connectivity index (χ2v) is 18.0. The number of esters is 2. The third kappa shape index (κ3) is 12.2. The van der Waals surface area contributed by atoms with Gasteiger partial charge in [-0.1, -0.05) is 0 Å². The van der Waals surface area contributed by atoms with Crippen LogP contribution in [0.5, 0.6) is 11.5 Å². The Hall–Kier alpha value is -4.28. The Kier molecular flexibility index (Phi) is 14.0. The number of rotatable bonds is 14. The molecule has 8 nitrogen and oxygen atoms in total. The first-order chi connectivity index (χ1) is 19.7. The van der Waals surface area contributed by atoms with Crippen LogP contribution in [0.25, 0.3) is 0 Å². The van der Waals surface area contributed by atoms with Crippen molar-refractivity contribution >= 4 is 43.1 Å². The van der Waals surface area contributed by atoms with E-state index in [4.69, 9.17) is 28.5 Å². The number of ether oxygens (including phenoxy) is 2. The fraction of sp³-hybridized carbons (Fsp3) is 0.250. The van der Waals surface area contributed by atoms with E-state index in [1.54, 1.807) is 24.3 Å².